The van der Waals surface area contributed by atoms with Crippen LogP contribution < -0.4 is 10.6 Å². The first-order valence-electron chi connectivity index (χ1n) is 7.99. The van der Waals surface area contributed by atoms with Crippen molar-refractivity contribution in [2.24, 2.45) is 0 Å². The molecule has 2 bridgehead atoms. The molecule has 2 rings (SSSR count). The summed E-state index contributed by atoms with van der Waals surface area (Å²) in [6.45, 7) is 6.69. The Morgan fingerprint density at radius 1 is 1.26 bits per heavy atom. The quantitative estimate of drug-likeness (QED) is 0.687. The molecule has 4 heteroatoms. The molecule has 110 valence electrons. The van der Waals surface area contributed by atoms with Crippen LogP contribution in [0.5, 0.6) is 0 Å². The van der Waals surface area contributed by atoms with Crippen molar-refractivity contribution >= 4 is 5.91 Å². The Balaban J connectivity index is 1.77. The summed E-state index contributed by atoms with van der Waals surface area (Å²) in [5, 5.41) is 6.70. The molecule has 0 aromatic rings. The zero-order valence-corrected chi connectivity index (χ0v) is 12.5. The van der Waals surface area contributed by atoms with Crippen molar-refractivity contribution in [2.45, 2.75) is 70.5 Å². The van der Waals surface area contributed by atoms with Crippen LogP contribution in [0.3, 0.4) is 0 Å². The SMILES string of the molecule is CCCCNC(=O)CN(CC)C1CC2CCC(C1)N2. The van der Waals surface area contributed by atoms with Gasteiger partial charge in [0.2, 0.25) is 5.91 Å². The number of fused-ring (bicyclic) bond motifs is 2. The molecule has 0 aromatic heterocycles. The van der Waals surface area contributed by atoms with Crippen molar-refractivity contribution in [3.63, 3.8) is 0 Å². The van der Waals surface area contributed by atoms with Gasteiger partial charge >= 0.3 is 0 Å². The van der Waals surface area contributed by atoms with Crippen LogP contribution in [0.25, 0.3) is 0 Å². The van der Waals surface area contributed by atoms with Crippen molar-refractivity contribution in [3.05, 3.63) is 0 Å². The summed E-state index contributed by atoms with van der Waals surface area (Å²) in [5.41, 5.74) is 0. The van der Waals surface area contributed by atoms with Gasteiger partial charge in [-0.05, 0) is 38.6 Å². The molecule has 4 nitrogen and oxygen atoms in total. The van der Waals surface area contributed by atoms with E-state index in [-0.39, 0.29) is 5.91 Å². The lowest BCUT2D eigenvalue weighted by Gasteiger charge is -2.36. The molecule has 2 N–H and O–H groups in total. The van der Waals surface area contributed by atoms with Crippen molar-refractivity contribution in [2.75, 3.05) is 19.6 Å². The zero-order chi connectivity index (χ0) is 13.7. The molecule has 0 aromatic carbocycles. The molecule has 2 heterocycles. The molecule has 0 radical (unpaired) electrons. The fraction of sp³-hybridized carbons (Fsp3) is 0.933. The van der Waals surface area contributed by atoms with E-state index in [2.05, 4.69) is 29.4 Å². The van der Waals surface area contributed by atoms with Crippen LogP contribution in [-0.2, 0) is 4.79 Å². The van der Waals surface area contributed by atoms with Gasteiger partial charge in [-0.2, -0.15) is 0 Å². The fourth-order valence-corrected chi connectivity index (χ4v) is 3.47. The first-order valence-corrected chi connectivity index (χ1v) is 7.99. The predicted octanol–water partition coefficient (Wildman–Crippen LogP) is 1.51. The molecule has 2 saturated heterocycles. The van der Waals surface area contributed by atoms with Gasteiger partial charge in [0.25, 0.3) is 0 Å². The van der Waals surface area contributed by atoms with Gasteiger partial charge in [-0.15, -0.1) is 0 Å². The second kappa shape index (κ2) is 7.25. The van der Waals surface area contributed by atoms with E-state index in [0.717, 1.165) is 25.9 Å². The summed E-state index contributed by atoms with van der Waals surface area (Å²) >= 11 is 0. The van der Waals surface area contributed by atoms with Crippen LogP contribution in [0.4, 0.5) is 0 Å². The minimum Gasteiger partial charge on any atom is -0.355 e. The molecular formula is C15H29N3O. The third kappa shape index (κ3) is 4.18. The number of hydrogen-bond acceptors (Lipinski definition) is 3. The summed E-state index contributed by atoms with van der Waals surface area (Å²) in [7, 11) is 0. The van der Waals surface area contributed by atoms with Crippen LogP contribution in [0.1, 0.15) is 52.4 Å². The largest absolute Gasteiger partial charge is 0.355 e. The van der Waals surface area contributed by atoms with E-state index in [4.69, 9.17) is 0 Å². The number of unbranched alkanes of at least 4 members (excludes halogenated alkanes) is 1. The maximum Gasteiger partial charge on any atom is 0.234 e. The second-order valence-electron chi connectivity index (χ2n) is 6.03. The number of carbonyl (C=O) groups excluding carboxylic acids is 1. The van der Waals surface area contributed by atoms with Crippen molar-refractivity contribution in [1.82, 2.24) is 15.5 Å². The minimum absolute atomic E-state index is 0.196. The van der Waals surface area contributed by atoms with Crippen LogP contribution in [0, 0.1) is 0 Å². The highest BCUT2D eigenvalue weighted by atomic mass is 16.2. The predicted molar refractivity (Wildman–Crippen MR) is 78.1 cm³/mol. The highest BCUT2D eigenvalue weighted by Gasteiger charge is 2.35. The Labute approximate surface area is 117 Å². The van der Waals surface area contributed by atoms with Crippen LogP contribution in [-0.4, -0.2) is 48.6 Å². The summed E-state index contributed by atoms with van der Waals surface area (Å²) in [6, 6.07) is 1.99. The van der Waals surface area contributed by atoms with E-state index in [1.54, 1.807) is 0 Å². The fourth-order valence-electron chi connectivity index (χ4n) is 3.47. The maximum atomic E-state index is 11.9. The number of nitrogens with one attached hydrogen (secondary N) is 2. The molecule has 0 spiro atoms. The molecule has 0 aliphatic carbocycles. The minimum atomic E-state index is 0.196. The lowest BCUT2D eigenvalue weighted by atomic mass is 9.98. The number of amides is 1. The number of piperidine rings is 1. The van der Waals surface area contributed by atoms with Gasteiger partial charge in [0.15, 0.2) is 0 Å². The topological polar surface area (TPSA) is 44.4 Å². The molecule has 19 heavy (non-hydrogen) atoms. The molecular weight excluding hydrogens is 238 g/mol. The van der Waals surface area contributed by atoms with Crippen LogP contribution in [0.2, 0.25) is 0 Å². The average molecular weight is 267 g/mol. The van der Waals surface area contributed by atoms with Crippen molar-refractivity contribution < 1.29 is 4.79 Å². The van der Waals surface area contributed by atoms with E-state index >= 15 is 0 Å². The highest BCUT2D eigenvalue weighted by Crippen LogP contribution is 2.29. The van der Waals surface area contributed by atoms with Crippen LogP contribution in [0.15, 0.2) is 0 Å². The molecule has 2 aliphatic heterocycles. The molecule has 1 amide bonds. The monoisotopic (exact) mass is 267 g/mol. The lowest BCUT2D eigenvalue weighted by molar-refractivity contribution is -0.123. The molecule has 2 atom stereocenters. The standard InChI is InChI=1S/C15H29N3O/c1-3-5-8-16-15(19)11-18(4-2)14-9-12-6-7-13(10-14)17-12/h12-14,17H,3-11H2,1-2H3,(H,16,19). The first kappa shape index (κ1) is 14.8. The lowest BCUT2D eigenvalue weighted by Crippen LogP contribution is -2.50. The van der Waals surface area contributed by atoms with Gasteiger partial charge in [0.1, 0.15) is 0 Å². The smallest absolute Gasteiger partial charge is 0.234 e. The number of hydrogen-bond donors (Lipinski definition) is 2. The summed E-state index contributed by atoms with van der Waals surface area (Å²) in [4.78, 5) is 14.3. The molecule has 2 fully saturated rings. The van der Waals surface area contributed by atoms with E-state index in [0.29, 0.717) is 24.7 Å². The van der Waals surface area contributed by atoms with E-state index < -0.39 is 0 Å². The van der Waals surface area contributed by atoms with E-state index in [9.17, 15) is 4.79 Å². The van der Waals surface area contributed by atoms with Gasteiger partial charge in [0.05, 0.1) is 6.54 Å². The Morgan fingerprint density at radius 2 is 1.95 bits per heavy atom. The van der Waals surface area contributed by atoms with Crippen molar-refractivity contribution in [1.29, 1.82) is 0 Å². The Hall–Kier alpha value is -0.610. The average Bonchev–Trinajstić information content (AvgIpc) is 2.75. The Bertz CT molecular complexity index is 283. The number of likely N-dealkylation sites (N-methyl/N-ethyl adjacent to an activating group) is 1. The summed E-state index contributed by atoms with van der Waals surface area (Å²) < 4.78 is 0. The maximum absolute atomic E-state index is 11.9. The van der Waals surface area contributed by atoms with Crippen LogP contribution >= 0.6 is 0 Å². The highest BCUT2D eigenvalue weighted by molar-refractivity contribution is 5.78. The van der Waals surface area contributed by atoms with Gasteiger partial charge in [0, 0.05) is 24.7 Å². The van der Waals surface area contributed by atoms with Gasteiger partial charge in [-0.25, -0.2) is 0 Å². The van der Waals surface area contributed by atoms with E-state index in [1.165, 1.54) is 25.7 Å². The molecule has 0 saturated carbocycles. The van der Waals surface area contributed by atoms with Crippen molar-refractivity contribution in [3.8, 4) is 0 Å². The third-order valence-electron chi connectivity index (χ3n) is 4.57. The third-order valence-corrected chi connectivity index (χ3v) is 4.57. The summed E-state index contributed by atoms with van der Waals surface area (Å²) in [6.07, 6.45) is 7.28. The van der Waals surface area contributed by atoms with Gasteiger partial charge in [-0.1, -0.05) is 20.3 Å². The van der Waals surface area contributed by atoms with Gasteiger partial charge in [-0.3, -0.25) is 9.69 Å². The summed E-state index contributed by atoms with van der Waals surface area (Å²) in [5.74, 6) is 0.196. The Morgan fingerprint density at radius 3 is 2.53 bits per heavy atom. The second-order valence-corrected chi connectivity index (χ2v) is 6.03. The number of rotatable bonds is 7. The normalized spacial score (nSPS) is 29.7. The van der Waals surface area contributed by atoms with E-state index in [1.807, 2.05) is 0 Å². The first-order chi connectivity index (χ1) is 9.22. The number of carbonyl (C=O) groups is 1. The Kier molecular flexibility index (Phi) is 5.64. The molecule has 2 aliphatic rings. The number of nitrogens with zero attached hydrogens (tertiary/aromatic N) is 1. The zero-order valence-electron chi connectivity index (χ0n) is 12.5. The molecule has 2 unspecified atom stereocenters. The van der Waals surface area contributed by atoms with Gasteiger partial charge < -0.3 is 10.6 Å².